The quantitative estimate of drug-likeness (QED) is 0.409. The van der Waals surface area contributed by atoms with Crippen molar-refractivity contribution in [1.29, 1.82) is 0 Å². The Kier molecular flexibility index (Phi) is 0.844. The topological polar surface area (TPSA) is 12.5 Å². The van der Waals surface area contributed by atoms with Gasteiger partial charge in [-0.1, -0.05) is 6.08 Å². The zero-order chi connectivity index (χ0) is 5.40. The van der Waals surface area contributed by atoms with Crippen LogP contribution >= 0.6 is 0 Å². The molecule has 0 aromatic heterocycles. The van der Waals surface area contributed by atoms with E-state index in [4.69, 9.17) is 4.65 Å². The first kappa shape index (κ1) is 4.44. The summed E-state index contributed by atoms with van der Waals surface area (Å²) in [6.45, 7) is 0.868. The second-order valence-corrected chi connectivity index (χ2v) is 2.16. The van der Waals surface area contributed by atoms with Crippen LogP contribution in [0.25, 0.3) is 0 Å². The lowest BCUT2D eigenvalue weighted by atomic mass is 10.2. The van der Waals surface area contributed by atoms with Gasteiger partial charge in [0.1, 0.15) is 0 Å². The van der Waals surface area contributed by atoms with Gasteiger partial charge in [0.2, 0.25) is 0 Å². The van der Waals surface area contributed by atoms with Crippen LogP contribution in [0.5, 0.6) is 0 Å². The number of hydrogen-bond donors (Lipinski definition) is 0. The Labute approximate surface area is 49.4 Å². The van der Waals surface area contributed by atoms with E-state index >= 15 is 0 Å². The maximum atomic E-state index is 5.06. The van der Waals surface area contributed by atoms with Gasteiger partial charge in [-0.05, 0) is 12.6 Å². The lowest BCUT2D eigenvalue weighted by Crippen LogP contribution is -2.21. The molecule has 0 aliphatic carbocycles. The zero-order valence-corrected chi connectivity index (χ0v) is 4.58. The van der Waals surface area contributed by atoms with E-state index in [1.807, 2.05) is 0 Å². The second kappa shape index (κ2) is 1.52. The van der Waals surface area contributed by atoms with Gasteiger partial charge >= 0.3 is 7.62 Å². The molecule has 41 valence electrons. The molecule has 2 nitrogen and oxygen atoms in total. The van der Waals surface area contributed by atoms with Gasteiger partial charge in [-0.25, -0.2) is 0 Å². The first-order valence-electron chi connectivity index (χ1n) is 2.86. The molecule has 0 bridgehead atoms. The largest absolute Gasteiger partial charge is 0.438 e. The molecule has 2 rings (SSSR count). The summed E-state index contributed by atoms with van der Waals surface area (Å²) in [5.74, 6) is 0. The van der Waals surface area contributed by atoms with Crippen molar-refractivity contribution in [3.63, 3.8) is 0 Å². The van der Waals surface area contributed by atoms with E-state index in [9.17, 15) is 0 Å². The Bertz CT molecular complexity index is 126. The summed E-state index contributed by atoms with van der Waals surface area (Å²) < 4.78 is 5.06. The van der Waals surface area contributed by atoms with Crippen molar-refractivity contribution in [2.24, 2.45) is 0 Å². The van der Waals surface area contributed by atoms with Crippen molar-refractivity contribution in [1.82, 2.24) is 4.81 Å². The average Bonchev–Trinajstić information content (AvgIpc) is 2.15. The second-order valence-electron chi connectivity index (χ2n) is 2.16. The molecule has 3 heteroatoms. The Morgan fingerprint density at radius 2 is 2.75 bits per heavy atom. The van der Waals surface area contributed by atoms with Crippen LogP contribution in [0.4, 0.5) is 0 Å². The van der Waals surface area contributed by atoms with Gasteiger partial charge in [0, 0.05) is 12.6 Å². The molecule has 0 N–H and O–H groups in total. The normalized spacial score (nSPS) is 33.0. The molecule has 2 aliphatic heterocycles. The summed E-state index contributed by atoms with van der Waals surface area (Å²) in [5.41, 5.74) is 0. The highest BCUT2D eigenvalue weighted by Gasteiger charge is 2.26. The summed E-state index contributed by atoms with van der Waals surface area (Å²) in [6.07, 6.45) is 5.39. The fourth-order valence-electron chi connectivity index (χ4n) is 1.10. The van der Waals surface area contributed by atoms with Crippen LogP contribution in [-0.2, 0) is 4.65 Å². The van der Waals surface area contributed by atoms with Crippen molar-refractivity contribution in [3.05, 3.63) is 12.3 Å². The van der Waals surface area contributed by atoms with E-state index in [1.54, 1.807) is 7.62 Å². The molecular formula is C5H7BNO. The van der Waals surface area contributed by atoms with E-state index in [2.05, 4.69) is 17.1 Å². The third-order valence-corrected chi connectivity index (χ3v) is 1.59. The Morgan fingerprint density at radius 1 is 1.75 bits per heavy atom. The molecule has 0 aromatic rings. The van der Waals surface area contributed by atoms with Gasteiger partial charge < -0.3 is 9.47 Å². The molecule has 2 heterocycles. The Hall–Kier alpha value is -0.435. The van der Waals surface area contributed by atoms with Gasteiger partial charge in [-0.3, -0.25) is 0 Å². The predicted molar refractivity (Wildman–Crippen MR) is 31.1 cm³/mol. The monoisotopic (exact) mass is 108 g/mol. The van der Waals surface area contributed by atoms with Crippen LogP contribution in [0.1, 0.15) is 6.42 Å². The van der Waals surface area contributed by atoms with Crippen molar-refractivity contribution >= 4 is 7.62 Å². The smallest absolute Gasteiger partial charge is 0.417 e. The van der Waals surface area contributed by atoms with Crippen molar-refractivity contribution in [3.8, 4) is 0 Å². The molecule has 1 saturated heterocycles. The minimum Gasteiger partial charge on any atom is -0.417 e. The Morgan fingerprint density at radius 3 is 3.62 bits per heavy atom. The molecule has 0 saturated carbocycles. The molecule has 0 spiro atoms. The number of nitrogens with zero attached hydrogens (tertiary/aromatic N) is 1. The molecule has 1 unspecified atom stereocenters. The minimum atomic E-state index is 0.620. The predicted octanol–water partition coefficient (Wildman–Crippen LogP) is 0.139. The van der Waals surface area contributed by atoms with Gasteiger partial charge in [0.05, 0.1) is 0 Å². The SMILES string of the molecule is [B]1OCC2CC=CN12. The first-order valence-corrected chi connectivity index (χ1v) is 2.86. The molecule has 8 heavy (non-hydrogen) atoms. The zero-order valence-electron chi connectivity index (χ0n) is 4.58. The number of hydrogen-bond acceptors (Lipinski definition) is 2. The first-order chi connectivity index (χ1) is 3.97. The summed E-state index contributed by atoms with van der Waals surface area (Å²) in [4.78, 5) is 2.11. The summed E-state index contributed by atoms with van der Waals surface area (Å²) in [5, 5.41) is 0. The van der Waals surface area contributed by atoms with Crippen LogP contribution in [-0.4, -0.2) is 25.1 Å². The van der Waals surface area contributed by atoms with Crippen LogP contribution < -0.4 is 0 Å². The third kappa shape index (κ3) is 0.479. The van der Waals surface area contributed by atoms with Crippen LogP contribution in [0.3, 0.4) is 0 Å². The van der Waals surface area contributed by atoms with Crippen molar-refractivity contribution < 1.29 is 4.65 Å². The van der Waals surface area contributed by atoms with Gasteiger partial charge in [0.15, 0.2) is 0 Å². The van der Waals surface area contributed by atoms with E-state index in [0.29, 0.717) is 6.04 Å². The van der Waals surface area contributed by atoms with E-state index in [1.165, 1.54) is 0 Å². The summed E-state index contributed by atoms with van der Waals surface area (Å²) in [6, 6.07) is 0.620. The minimum absolute atomic E-state index is 0.620. The third-order valence-electron chi connectivity index (χ3n) is 1.59. The maximum absolute atomic E-state index is 5.06. The lowest BCUT2D eigenvalue weighted by molar-refractivity contribution is 0.340. The molecule has 1 fully saturated rings. The molecule has 0 amide bonds. The fraction of sp³-hybridized carbons (Fsp3) is 0.600. The van der Waals surface area contributed by atoms with Crippen LogP contribution in [0.15, 0.2) is 12.3 Å². The fourth-order valence-corrected chi connectivity index (χ4v) is 1.10. The summed E-state index contributed by atoms with van der Waals surface area (Å²) >= 11 is 0. The highest BCUT2D eigenvalue weighted by atomic mass is 16.4. The number of rotatable bonds is 0. The van der Waals surface area contributed by atoms with Crippen molar-refractivity contribution in [2.75, 3.05) is 6.61 Å². The van der Waals surface area contributed by atoms with E-state index in [0.717, 1.165) is 13.0 Å². The molecule has 1 atom stereocenters. The average molecular weight is 108 g/mol. The van der Waals surface area contributed by atoms with Crippen LogP contribution in [0, 0.1) is 0 Å². The van der Waals surface area contributed by atoms with Gasteiger partial charge in [-0.15, -0.1) is 0 Å². The molecular weight excluding hydrogens is 101 g/mol. The molecule has 0 aromatic carbocycles. The van der Waals surface area contributed by atoms with Gasteiger partial charge in [-0.2, -0.15) is 0 Å². The number of fused-ring (bicyclic) bond motifs is 1. The maximum Gasteiger partial charge on any atom is 0.438 e. The standard InChI is InChI=1S/C5H7BNO/c1-2-5-4-8-6-7(5)3-1/h1,3,5H,2,4H2. The lowest BCUT2D eigenvalue weighted by Gasteiger charge is -2.10. The van der Waals surface area contributed by atoms with Crippen LogP contribution in [0.2, 0.25) is 0 Å². The van der Waals surface area contributed by atoms with E-state index in [-0.39, 0.29) is 0 Å². The molecule has 2 aliphatic rings. The Balaban J connectivity index is 2.13. The molecule has 1 radical (unpaired) electrons. The van der Waals surface area contributed by atoms with Gasteiger partial charge in [0.25, 0.3) is 0 Å². The van der Waals surface area contributed by atoms with E-state index < -0.39 is 0 Å². The highest BCUT2D eigenvalue weighted by Crippen LogP contribution is 2.17. The highest BCUT2D eigenvalue weighted by molar-refractivity contribution is 6.25. The summed E-state index contributed by atoms with van der Waals surface area (Å²) in [7, 11) is 1.79. The van der Waals surface area contributed by atoms with Crippen molar-refractivity contribution in [2.45, 2.75) is 12.5 Å².